The molecule has 1 saturated heterocycles. The van der Waals surface area contributed by atoms with Gasteiger partial charge in [0.05, 0.1) is 19.1 Å². The van der Waals surface area contributed by atoms with Crippen molar-refractivity contribution in [2.24, 2.45) is 5.92 Å². The second-order valence-electron chi connectivity index (χ2n) is 6.84. The molecule has 154 valence electrons. The van der Waals surface area contributed by atoms with Crippen molar-refractivity contribution in [2.75, 3.05) is 38.1 Å². The molecule has 1 fully saturated rings. The highest BCUT2D eigenvalue weighted by Gasteiger charge is 2.32. The Hall–Kier alpha value is -2.28. The number of likely N-dealkylation sites (N-methyl/N-ethyl adjacent to an activating group) is 1. The molecule has 3 amide bonds. The zero-order chi connectivity index (χ0) is 20.7. The van der Waals surface area contributed by atoms with Gasteiger partial charge in [-0.3, -0.25) is 9.59 Å². The first-order valence-corrected chi connectivity index (χ1v) is 10.00. The van der Waals surface area contributed by atoms with Gasteiger partial charge in [-0.05, 0) is 51.3 Å². The molecule has 0 aliphatic carbocycles. The van der Waals surface area contributed by atoms with Crippen LogP contribution in [0.4, 0.5) is 10.5 Å². The lowest BCUT2D eigenvalue weighted by Crippen LogP contribution is -2.48. The lowest BCUT2D eigenvalue weighted by atomic mass is 9.96. The minimum atomic E-state index is -0.391. The molecular formula is C20H28ClN3O4. The first-order valence-electron chi connectivity index (χ1n) is 9.62. The van der Waals surface area contributed by atoms with Crippen molar-refractivity contribution in [1.82, 2.24) is 9.80 Å². The predicted octanol–water partition coefficient (Wildman–Crippen LogP) is 3.30. The summed E-state index contributed by atoms with van der Waals surface area (Å²) in [6, 6.07) is 5.27. The van der Waals surface area contributed by atoms with Crippen LogP contribution in [0.1, 0.15) is 32.3 Å². The molecule has 0 saturated carbocycles. The van der Waals surface area contributed by atoms with Crippen LogP contribution in [0.25, 0.3) is 0 Å². The van der Waals surface area contributed by atoms with E-state index >= 15 is 0 Å². The zero-order valence-electron chi connectivity index (χ0n) is 16.7. The monoisotopic (exact) mass is 409 g/mol. The van der Waals surface area contributed by atoms with Crippen LogP contribution < -0.4 is 5.32 Å². The van der Waals surface area contributed by atoms with Gasteiger partial charge in [-0.15, -0.1) is 0 Å². The van der Waals surface area contributed by atoms with E-state index in [9.17, 15) is 14.4 Å². The summed E-state index contributed by atoms with van der Waals surface area (Å²) in [6.07, 6.45) is 1.04. The molecule has 1 heterocycles. The van der Waals surface area contributed by atoms with Gasteiger partial charge < -0.3 is 19.9 Å². The number of benzene rings is 1. The second-order valence-corrected chi connectivity index (χ2v) is 7.28. The van der Waals surface area contributed by atoms with Crippen LogP contribution in [0.2, 0.25) is 5.02 Å². The molecule has 1 aromatic carbocycles. The van der Waals surface area contributed by atoms with Gasteiger partial charge in [0.15, 0.2) is 0 Å². The number of aryl methyl sites for hydroxylation is 1. The molecule has 1 N–H and O–H groups in total. The van der Waals surface area contributed by atoms with Crippen molar-refractivity contribution in [2.45, 2.75) is 33.6 Å². The summed E-state index contributed by atoms with van der Waals surface area (Å²) in [4.78, 5) is 40.4. The SMILES string of the molecule is CCOC(=O)N1CCCC(C(=O)N(CC)CC(=O)Nc2cc(Cl)ccc2C)C1. The number of piperidine rings is 1. The highest BCUT2D eigenvalue weighted by Crippen LogP contribution is 2.21. The van der Waals surface area contributed by atoms with Crippen LogP contribution in [0.3, 0.4) is 0 Å². The Balaban J connectivity index is 1.97. The highest BCUT2D eigenvalue weighted by molar-refractivity contribution is 6.31. The van der Waals surface area contributed by atoms with E-state index in [1.165, 1.54) is 4.90 Å². The van der Waals surface area contributed by atoms with Crippen molar-refractivity contribution in [3.63, 3.8) is 0 Å². The number of hydrogen-bond acceptors (Lipinski definition) is 4. The molecule has 28 heavy (non-hydrogen) atoms. The van der Waals surface area contributed by atoms with E-state index in [-0.39, 0.29) is 24.3 Å². The molecular weight excluding hydrogens is 382 g/mol. The Morgan fingerprint density at radius 1 is 1.32 bits per heavy atom. The number of nitrogens with zero attached hydrogens (tertiary/aromatic N) is 2. The maximum atomic E-state index is 12.9. The van der Waals surface area contributed by atoms with Gasteiger partial charge in [0.25, 0.3) is 0 Å². The van der Waals surface area contributed by atoms with Gasteiger partial charge in [-0.2, -0.15) is 0 Å². The third-order valence-corrected chi connectivity index (χ3v) is 5.03. The average molecular weight is 410 g/mol. The number of ether oxygens (including phenoxy) is 1. The summed E-state index contributed by atoms with van der Waals surface area (Å²) >= 11 is 5.99. The molecule has 0 bridgehead atoms. The average Bonchev–Trinajstić information content (AvgIpc) is 2.68. The lowest BCUT2D eigenvalue weighted by molar-refractivity contribution is -0.139. The van der Waals surface area contributed by atoms with Gasteiger partial charge in [0.1, 0.15) is 0 Å². The summed E-state index contributed by atoms with van der Waals surface area (Å²) in [5.41, 5.74) is 1.52. The van der Waals surface area contributed by atoms with E-state index in [4.69, 9.17) is 16.3 Å². The van der Waals surface area contributed by atoms with E-state index in [2.05, 4.69) is 5.32 Å². The normalized spacial score (nSPS) is 16.4. The van der Waals surface area contributed by atoms with Crippen LogP contribution in [0, 0.1) is 12.8 Å². The van der Waals surface area contributed by atoms with Gasteiger partial charge in [-0.1, -0.05) is 17.7 Å². The topological polar surface area (TPSA) is 79.0 Å². The van der Waals surface area contributed by atoms with Gasteiger partial charge in [0, 0.05) is 30.3 Å². The van der Waals surface area contributed by atoms with E-state index in [0.717, 1.165) is 12.0 Å². The second kappa shape index (κ2) is 10.3. The number of anilines is 1. The zero-order valence-corrected chi connectivity index (χ0v) is 17.4. The number of carbonyl (C=O) groups excluding carboxylic acids is 3. The molecule has 1 aromatic rings. The third kappa shape index (κ3) is 5.86. The maximum absolute atomic E-state index is 12.9. The Kier molecular flexibility index (Phi) is 8.11. The van der Waals surface area contributed by atoms with E-state index in [1.807, 2.05) is 19.9 Å². The number of likely N-dealkylation sites (tertiary alicyclic amines) is 1. The molecule has 1 aliphatic heterocycles. The first-order chi connectivity index (χ1) is 13.3. The third-order valence-electron chi connectivity index (χ3n) is 4.80. The number of halogens is 1. The van der Waals surface area contributed by atoms with Gasteiger partial charge >= 0.3 is 6.09 Å². The summed E-state index contributed by atoms with van der Waals surface area (Å²) < 4.78 is 5.04. The van der Waals surface area contributed by atoms with Gasteiger partial charge in [-0.25, -0.2) is 4.79 Å². The Labute approximate surface area is 171 Å². The quantitative estimate of drug-likeness (QED) is 0.781. The van der Waals surface area contributed by atoms with Crippen molar-refractivity contribution < 1.29 is 19.1 Å². The Morgan fingerprint density at radius 3 is 2.75 bits per heavy atom. The van der Waals surface area contributed by atoms with E-state index in [1.54, 1.807) is 24.0 Å². The molecule has 8 heteroatoms. The summed E-state index contributed by atoms with van der Waals surface area (Å²) in [7, 11) is 0. The van der Waals surface area contributed by atoms with Crippen LogP contribution in [-0.4, -0.2) is 60.5 Å². The predicted molar refractivity (Wildman–Crippen MR) is 108 cm³/mol. The van der Waals surface area contributed by atoms with Crippen LogP contribution in [0.15, 0.2) is 18.2 Å². The Bertz CT molecular complexity index is 725. The van der Waals surface area contributed by atoms with E-state index < -0.39 is 6.09 Å². The number of carbonyl (C=O) groups is 3. The minimum absolute atomic E-state index is 0.0445. The lowest BCUT2D eigenvalue weighted by Gasteiger charge is -2.34. The fraction of sp³-hybridized carbons (Fsp3) is 0.550. The summed E-state index contributed by atoms with van der Waals surface area (Å²) in [5.74, 6) is -0.716. The largest absolute Gasteiger partial charge is 0.450 e. The smallest absolute Gasteiger partial charge is 0.409 e. The fourth-order valence-electron chi connectivity index (χ4n) is 3.26. The van der Waals surface area contributed by atoms with Crippen LogP contribution in [0.5, 0.6) is 0 Å². The molecule has 2 rings (SSSR count). The number of hydrogen-bond donors (Lipinski definition) is 1. The molecule has 7 nitrogen and oxygen atoms in total. The van der Waals surface area contributed by atoms with Crippen LogP contribution in [-0.2, 0) is 14.3 Å². The molecule has 1 aliphatic rings. The molecule has 1 unspecified atom stereocenters. The van der Waals surface area contributed by atoms with Crippen molar-refractivity contribution in [3.05, 3.63) is 28.8 Å². The van der Waals surface area contributed by atoms with Crippen LogP contribution >= 0.6 is 11.6 Å². The number of nitrogens with one attached hydrogen (secondary N) is 1. The molecule has 0 aromatic heterocycles. The fourth-order valence-corrected chi connectivity index (χ4v) is 3.43. The number of rotatable bonds is 6. The molecule has 0 radical (unpaired) electrons. The first kappa shape index (κ1) is 22.0. The molecule has 1 atom stereocenters. The Morgan fingerprint density at radius 2 is 2.07 bits per heavy atom. The van der Waals surface area contributed by atoms with Crippen molar-refractivity contribution in [3.8, 4) is 0 Å². The summed E-state index contributed by atoms with van der Waals surface area (Å²) in [6.45, 7) is 7.05. The van der Waals surface area contributed by atoms with Crippen molar-refractivity contribution in [1.29, 1.82) is 0 Å². The summed E-state index contributed by atoms with van der Waals surface area (Å²) in [5, 5.41) is 3.35. The maximum Gasteiger partial charge on any atom is 0.409 e. The highest BCUT2D eigenvalue weighted by atomic mass is 35.5. The van der Waals surface area contributed by atoms with E-state index in [0.29, 0.717) is 43.4 Å². The molecule has 0 spiro atoms. The standard InChI is InChI=1S/C20H28ClN3O4/c1-4-23(13-18(25)22-17-11-16(21)9-8-14(17)3)19(26)15-7-6-10-24(12-15)20(27)28-5-2/h8-9,11,15H,4-7,10,12-13H2,1-3H3,(H,22,25). The number of amides is 3. The van der Waals surface area contributed by atoms with Gasteiger partial charge in [0.2, 0.25) is 11.8 Å². The van der Waals surface area contributed by atoms with Crippen molar-refractivity contribution >= 4 is 35.2 Å². The minimum Gasteiger partial charge on any atom is -0.450 e.